The maximum Gasteiger partial charge on any atom is 0.0907 e. The fourth-order valence-electron chi connectivity index (χ4n) is 2.15. The zero-order chi connectivity index (χ0) is 13.9. The van der Waals surface area contributed by atoms with Crippen LogP contribution < -0.4 is 11.1 Å². The number of hydrogen-bond acceptors (Lipinski definition) is 5. The van der Waals surface area contributed by atoms with Gasteiger partial charge in [-0.2, -0.15) is 5.10 Å². The van der Waals surface area contributed by atoms with Crippen molar-refractivity contribution >= 4 is 32.9 Å². The number of anilines is 2. The molecule has 6 heteroatoms. The Labute approximate surface area is 121 Å². The van der Waals surface area contributed by atoms with Crippen LogP contribution in [0.25, 0.3) is 10.2 Å². The van der Waals surface area contributed by atoms with Gasteiger partial charge in [0.05, 0.1) is 26.6 Å². The van der Waals surface area contributed by atoms with Crippen molar-refractivity contribution in [3.8, 4) is 0 Å². The number of benzene rings is 1. The van der Waals surface area contributed by atoms with Gasteiger partial charge < -0.3 is 11.1 Å². The van der Waals surface area contributed by atoms with E-state index in [2.05, 4.69) is 15.4 Å². The highest BCUT2D eigenvalue weighted by Crippen LogP contribution is 2.29. The maximum atomic E-state index is 6.07. The molecule has 2 aromatic heterocycles. The molecule has 2 heterocycles. The van der Waals surface area contributed by atoms with Crippen molar-refractivity contribution in [2.45, 2.75) is 19.9 Å². The molecule has 104 valence electrons. The summed E-state index contributed by atoms with van der Waals surface area (Å²) in [6, 6.07) is 5.96. The Balaban J connectivity index is 1.63. The molecule has 0 saturated heterocycles. The molecule has 0 aliphatic carbocycles. The zero-order valence-electron chi connectivity index (χ0n) is 11.3. The van der Waals surface area contributed by atoms with Gasteiger partial charge in [0.25, 0.3) is 0 Å². The first kappa shape index (κ1) is 12.9. The number of rotatable bonds is 5. The van der Waals surface area contributed by atoms with Crippen LogP contribution in [0, 0.1) is 6.92 Å². The number of nitrogens with two attached hydrogens (primary N) is 1. The van der Waals surface area contributed by atoms with Crippen molar-refractivity contribution < 1.29 is 0 Å². The average molecular weight is 287 g/mol. The first-order chi connectivity index (χ1) is 9.72. The highest BCUT2D eigenvalue weighted by Gasteiger charge is 2.05. The molecular formula is C14H17N5S. The molecule has 0 spiro atoms. The lowest BCUT2D eigenvalue weighted by molar-refractivity contribution is 0.592. The standard InChI is InChI=1S/C14H17N5S/c1-10-18-13-9-12(11(15)8-14(13)20-10)16-4-2-6-19-7-3-5-17-19/h3,5,7-9,16H,2,4,6,15H2,1H3. The molecule has 5 nitrogen and oxygen atoms in total. The van der Waals surface area contributed by atoms with Gasteiger partial charge in [-0.15, -0.1) is 11.3 Å². The Morgan fingerprint density at radius 1 is 1.40 bits per heavy atom. The minimum absolute atomic E-state index is 0.778. The predicted octanol–water partition coefficient (Wildman–Crippen LogP) is 2.89. The van der Waals surface area contributed by atoms with Crippen molar-refractivity contribution in [2.75, 3.05) is 17.6 Å². The van der Waals surface area contributed by atoms with Crippen molar-refractivity contribution in [3.05, 3.63) is 35.6 Å². The highest BCUT2D eigenvalue weighted by molar-refractivity contribution is 7.18. The third-order valence-corrected chi connectivity index (χ3v) is 4.04. The average Bonchev–Trinajstić information content (AvgIpc) is 3.03. The maximum absolute atomic E-state index is 6.07. The summed E-state index contributed by atoms with van der Waals surface area (Å²) in [5, 5.41) is 8.62. The number of aryl methyl sites for hydroxylation is 2. The van der Waals surface area contributed by atoms with E-state index in [1.807, 2.05) is 36.0 Å². The number of thiazole rings is 1. The van der Waals surface area contributed by atoms with E-state index in [1.165, 1.54) is 0 Å². The Hall–Kier alpha value is -2.08. The first-order valence-corrected chi connectivity index (χ1v) is 7.42. The lowest BCUT2D eigenvalue weighted by Gasteiger charge is -2.09. The number of fused-ring (bicyclic) bond motifs is 1. The van der Waals surface area contributed by atoms with E-state index >= 15 is 0 Å². The molecule has 1 aromatic carbocycles. The molecule has 0 atom stereocenters. The Kier molecular flexibility index (Phi) is 3.56. The minimum Gasteiger partial charge on any atom is -0.397 e. The zero-order valence-corrected chi connectivity index (χ0v) is 12.2. The van der Waals surface area contributed by atoms with E-state index in [4.69, 9.17) is 5.73 Å². The second-order valence-electron chi connectivity index (χ2n) is 4.69. The smallest absolute Gasteiger partial charge is 0.0907 e. The molecule has 0 radical (unpaired) electrons. The molecule has 3 rings (SSSR count). The van der Waals surface area contributed by atoms with Crippen LogP contribution in [-0.2, 0) is 6.54 Å². The molecular weight excluding hydrogens is 270 g/mol. The minimum atomic E-state index is 0.778. The molecule has 3 N–H and O–H groups in total. The molecule has 3 aromatic rings. The van der Waals surface area contributed by atoms with Gasteiger partial charge in [0.15, 0.2) is 0 Å². The van der Waals surface area contributed by atoms with Gasteiger partial charge in [-0.05, 0) is 31.5 Å². The van der Waals surface area contributed by atoms with Crippen molar-refractivity contribution in [2.24, 2.45) is 0 Å². The summed E-state index contributed by atoms with van der Waals surface area (Å²) >= 11 is 1.67. The number of nitrogens with zero attached hydrogens (tertiary/aromatic N) is 3. The number of nitrogen functional groups attached to an aromatic ring is 1. The van der Waals surface area contributed by atoms with Gasteiger partial charge in [-0.1, -0.05) is 0 Å². The lowest BCUT2D eigenvalue weighted by Crippen LogP contribution is -2.08. The molecule has 0 unspecified atom stereocenters. The van der Waals surface area contributed by atoms with Crippen LogP contribution in [0.1, 0.15) is 11.4 Å². The summed E-state index contributed by atoms with van der Waals surface area (Å²) in [6.07, 6.45) is 4.76. The van der Waals surface area contributed by atoms with E-state index in [0.717, 1.165) is 46.1 Å². The molecule has 0 fully saturated rings. The van der Waals surface area contributed by atoms with Crippen molar-refractivity contribution in [1.82, 2.24) is 14.8 Å². The van der Waals surface area contributed by atoms with E-state index in [1.54, 1.807) is 17.5 Å². The van der Waals surface area contributed by atoms with E-state index in [0.29, 0.717) is 0 Å². The SMILES string of the molecule is Cc1nc2cc(NCCCn3cccn3)c(N)cc2s1. The highest BCUT2D eigenvalue weighted by atomic mass is 32.1. The Morgan fingerprint density at radius 2 is 2.30 bits per heavy atom. The van der Waals surface area contributed by atoms with Crippen molar-refractivity contribution in [3.63, 3.8) is 0 Å². The summed E-state index contributed by atoms with van der Waals surface area (Å²) < 4.78 is 3.07. The van der Waals surface area contributed by atoms with Crippen LogP contribution in [0.2, 0.25) is 0 Å². The molecule has 0 saturated carbocycles. The second-order valence-corrected chi connectivity index (χ2v) is 5.92. The third-order valence-electron chi connectivity index (χ3n) is 3.11. The summed E-state index contributed by atoms with van der Waals surface area (Å²) in [5.41, 5.74) is 8.82. The first-order valence-electron chi connectivity index (χ1n) is 6.60. The van der Waals surface area contributed by atoms with Crippen LogP contribution in [0.3, 0.4) is 0 Å². The van der Waals surface area contributed by atoms with Crippen molar-refractivity contribution in [1.29, 1.82) is 0 Å². The summed E-state index contributed by atoms with van der Waals surface area (Å²) in [7, 11) is 0. The van der Waals surface area contributed by atoms with Gasteiger partial charge >= 0.3 is 0 Å². The molecule has 0 aliphatic rings. The van der Waals surface area contributed by atoms with E-state index in [-0.39, 0.29) is 0 Å². The Morgan fingerprint density at radius 3 is 3.10 bits per heavy atom. The number of hydrogen-bond donors (Lipinski definition) is 2. The molecule has 0 bridgehead atoms. The number of nitrogens with one attached hydrogen (secondary N) is 1. The fraction of sp³-hybridized carbons (Fsp3) is 0.286. The van der Waals surface area contributed by atoms with Gasteiger partial charge in [0.1, 0.15) is 0 Å². The summed E-state index contributed by atoms with van der Waals surface area (Å²) in [4.78, 5) is 4.49. The van der Waals surface area contributed by atoms with E-state index in [9.17, 15) is 0 Å². The Bertz CT molecular complexity index is 702. The van der Waals surface area contributed by atoms with Crippen LogP contribution >= 0.6 is 11.3 Å². The summed E-state index contributed by atoms with van der Waals surface area (Å²) in [5.74, 6) is 0. The van der Waals surface area contributed by atoms with Gasteiger partial charge in [-0.3, -0.25) is 4.68 Å². The topological polar surface area (TPSA) is 68.8 Å². The monoisotopic (exact) mass is 287 g/mol. The second kappa shape index (κ2) is 5.50. The molecule has 0 amide bonds. The largest absolute Gasteiger partial charge is 0.397 e. The summed E-state index contributed by atoms with van der Waals surface area (Å²) in [6.45, 7) is 3.77. The van der Waals surface area contributed by atoms with Gasteiger partial charge in [-0.25, -0.2) is 4.98 Å². The van der Waals surface area contributed by atoms with Crippen LogP contribution in [-0.4, -0.2) is 21.3 Å². The predicted molar refractivity (Wildman–Crippen MR) is 84.1 cm³/mol. The van der Waals surface area contributed by atoms with Crippen LogP contribution in [0.5, 0.6) is 0 Å². The molecule has 20 heavy (non-hydrogen) atoms. The normalized spacial score (nSPS) is 11.1. The molecule has 0 aliphatic heterocycles. The fourth-order valence-corrected chi connectivity index (χ4v) is 3.01. The van der Waals surface area contributed by atoms with Gasteiger partial charge in [0, 0.05) is 25.5 Å². The quantitative estimate of drug-likeness (QED) is 0.559. The number of aromatic nitrogens is 3. The van der Waals surface area contributed by atoms with Crippen LogP contribution in [0.4, 0.5) is 11.4 Å². The van der Waals surface area contributed by atoms with E-state index < -0.39 is 0 Å². The lowest BCUT2D eigenvalue weighted by atomic mass is 10.2. The van der Waals surface area contributed by atoms with Gasteiger partial charge in [0.2, 0.25) is 0 Å². The van der Waals surface area contributed by atoms with Crippen LogP contribution in [0.15, 0.2) is 30.6 Å². The third kappa shape index (κ3) is 2.75.